The molecule has 0 aliphatic carbocycles. The third kappa shape index (κ3) is 6.85. The van der Waals surface area contributed by atoms with Crippen molar-refractivity contribution in [3.05, 3.63) is 101 Å². The molecular formula is C29H32N6O4. The first kappa shape index (κ1) is 27.5. The second-order valence-corrected chi connectivity index (χ2v) is 9.42. The van der Waals surface area contributed by atoms with E-state index in [0.717, 1.165) is 16.7 Å². The molecule has 0 bridgehead atoms. The third-order valence-corrected chi connectivity index (χ3v) is 6.80. The number of aromatic nitrogens is 1. The zero-order chi connectivity index (χ0) is 27.8. The van der Waals surface area contributed by atoms with Crippen molar-refractivity contribution < 1.29 is 19.5 Å². The van der Waals surface area contributed by atoms with Crippen molar-refractivity contribution in [2.75, 3.05) is 13.1 Å². The summed E-state index contributed by atoms with van der Waals surface area (Å²) in [5, 5.41) is 22.7. The van der Waals surface area contributed by atoms with E-state index in [0.29, 0.717) is 25.1 Å². The van der Waals surface area contributed by atoms with Gasteiger partial charge in [-0.1, -0.05) is 66.7 Å². The zero-order valence-corrected chi connectivity index (χ0v) is 21.4. The van der Waals surface area contributed by atoms with Crippen molar-refractivity contribution in [2.45, 2.75) is 37.4 Å². The molecule has 1 aromatic heterocycles. The monoisotopic (exact) mass is 528 g/mol. The van der Waals surface area contributed by atoms with Crippen LogP contribution < -0.4 is 16.4 Å². The van der Waals surface area contributed by atoms with Gasteiger partial charge in [-0.3, -0.25) is 30.1 Å². The number of carboxylic acid groups (broad SMARTS) is 1. The van der Waals surface area contributed by atoms with E-state index in [1.54, 1.807) is 23.2 Å². The lowest BCUT2D eigenvalue weighted by Gasteiger charge is -2.33. The molecule has 2 heterocycles. The van der Waals surface area contributed by atoms with Gasteiger partial charge in [-0.25, -0.2) is 0 Å². The Balaban J connectivity index is 1.56. The minimum atomic E-state index is -1.08. The number of hydrogen-bond acceptors (Lipinski definition) is 6. The molecule has 1 fully saturated rings. The summed E-state index contributed by atoms with van der Waals surface area (Å²) in [7, 11) is 0. The smallest absolute Gasteiger partial charge is 0.317 e. The second-order valence-electron chi connectivity index (χ2n) is 9.42. The Morgan fingerprint density at radius 3 is 2.21 bits per heavy atom. The predicted octanol–water partition coefficient (Wildman–Crippen LogP) is 1.85. The Morgan fingerprint density at radius 1 is 1.03 bits per heavy atom. The number of amidine groups is 1. The summed E-state index contributed by atoms with van der Waals surface area (Å²) in [6, 6.07) is 20.7. The molecule has 2 atom stereocenters. The summed E-state index contributed by atoms with van der Waals surface area (Å²) >= 11 is 0. The van der Waals surface area contributed by atoms with E-state index in [4.69, 9.17) is 11.1 Å². The lowest BCUT2D eigenvalue weighted by atomic mass is 9.84. The van der Waals surface area contributed by atoms with Crippen LogP contribution in [0.15, 0.2) is 79.0 Å². The van der Waals surface area contributed by atoms with Crippen LogP contribution in [0.3, 0.4) is 0 Å². The van der Waals surface area contributed by atoms with Gasteiger partial charge >= 0.3 is 5.97 Å². The Bertz CT molecular complexity index is 1260. The van der Waals surface area contributed by atoms with Crippen molar-refractivity contribution >= 4 is 23.6 Å². The van der Waals surface area contributed by atoms with Crippen LogP contribution in [-0.2, 0) is 20.9 Å². The first-order valence-electron chi connectivity index (χ1n) is 12.8. The van der Waals surface area contributed by atoms with E-state index >= 15 is 0 Å². The van der Waals surface area contributed by atoms with Gasteiger partial charge in [0.05, 0.1) is 12.6 Å². The van der Waals surface area contributed by atoms with Crippen molar-refractivity contribution in [2.24, 2.45) is 5.73 Å². The molecule has 1 aliphatic rings. The Labute approximate surface area is 226 Å². The summed E-state index contributed by atoms with van der Waals surface area (Å²) < 4.78 is 0. The molecule has 39 heavy (non-hydrogen) atoms. The molecule has 2 amide bonds. The lowest BCUT2D eigenvalue weighted by molar-refractivity contribution is -0.141. The molecule has 4 rings (SSSR count). The molecule has 0 saturated carbocycles. The molecule has 1 saturated heterocycles. The topological polar surface area (TPSA) is 162 Å². The van der Waals surface area contributed by atoms with Gasteiger partial charge in [0.1, 0.15) is 17.6 Å². The Morgan fingerprint density at radius 2 is 1.67 bits per heavy atom. The fourth-order valence-corrected chi connectivity index (χ4v) is 4.92. The SMILES string of the molecule is N=C(N)c1ccc(CNC(=O)[C@@H]2CCCN2C(=O)C(NCC(=O)O)C(c2ccccc2)c2ccccc2)cn1. The van der Waals surface area contributed by atoms with Crippen molar-refractivity contribution in [1.29, 1.82) is 5.41 Å². The number of nitrogens with one attached hydrogen (secondary N) is 3. The number of hydrogen-bond donors (Lipinski definition) is 5. The number of nitrogens with two attached hydrogens (primary N) is 1. The number of amides is 2. The highest BCUT2D eigenvalue weighted by atomic mass is 16.4. The fourth-order valence-electron chi connectivity index (χ4n) is 4.92. The van der Waals surface area contributed by atoms with Gasteiger partial charge < -0.3 is 21.1 Å². The number of carboxylic acids is 1. The standard InChI is InChI=1S/C29H32N6O4/c30-27(31)22-14-13-19(16-32-22)17-34-28(38)23-12-7-15-35(23)29(39)26(33-18-24(36)37)25(20-8-3-1-4-9-20)21-10-5-2-6-11-21/h1-6,8-11,13-14,16,23,25-26,33H,7,12,15,17-18H2,(H3,30,31)(H,34,38)(H,36,37)/t23-,26?/m0/s1. The normalized spacial score (nSPS) is 15.6. The van der Waals surface area contributed by atoms with Crippen LogP contribution in [0.4, 0.5) is 0 Å². The summed E-state index contributed by atoms with van der Waals surface area (Å²) in [6.07, 6.45) is 2.71. The molecular weight excluding hydrogens is 496 g/mol. The van der Waals surface area contributed by atoms with E-state index in [-0.39, 0.29) is 24.2 Å². The number of carbonyl (C=O) groups is 3. The molecule has 202 valence electrons. The van der Waals surface area contributed by atoms with Crippen LogP contribution in [0.5, 0.6) is 0 Å². The predicted molar refractivity (Wildman–Crippen MR) is 146 cm³/mol. The van der Waals surface area contributed by atoms with Crippen molar-refractivity contribution in [3.63, 3.8) is 0 Å². The largest absolute Gasteiger partial charge is 0.480 e. The molecule has 3 aromatic rings. The van der Waals surface area contributed by atoms with E-state index in [9.17, 15) is 19.5 Å². The maximum Gasteiger partial charge on any atom is 0.317 e. The average Bonchev–Trinajstić information content (AvgIpc) is 3.45. The summed E-state index contributed by atoms with van der Waals surface area (Å²) in [6.45, 7) is 0.202. The van der Waals surface area contributed by atoms with Gasteiger partial charge in [0, 0.05) is 25.2 Å². The highest BCUT2D eigenvalue weighted by molar-refractivity contribution is 5.93. The summed E-state index contributed by atoms with van der Waals surface area (Å²) in [4.78, 5) is 44.5. The van der Waals surface area contributed by atoms with Gasteiger partial charge in [0.25, 0.3) is 0 Å². The number of aliphatic carboxylic acids is 1. The summed E-state index contributed by atoms with van der Waals surface area (Å²) in [5.74, 6) is -2.29. The van der Waals surface area contributed by atoms with Crippen LogP contribution in [0, 0.1) is 5.41 Å². The minimum absolute atomic E-state index is 0.138. The summed E-state index contributed by atoms with van der Waals surface area (Å²) in [5.41, 5.74) is 8.26. The number of likely N-dealkylation sites (tertiary alicyclic amines) is 1. The Hall–Kier alpha value is -4.57. The average molecular weight is 529 g/mol. The molecule has 10 nitrogen and oxygen atoms in total. The number of nitrogens with zero attached hydrogens (tertiary/aromatic N) is 2. The van der Waals surface area contributed by atoms with Gasteiger partial charge in [0.15, 0.2) is 0 Å². The molecule has 1 unspecified atom stereocenters. The Kier molecular flexibility index (Phi) is 9.01. The van der Waals surface area contributed by atoms with E-state index in [1.165, 1.54) is 0 Å². The number of rotatable bonds is 11. The van der Waals surface area contributed by atoms with Crippen molar-refractivity contribution in [3.8, 4) is 0 Å². The molecule has 6 N–H and O–H groups in total. The quantitative estimate of drug-likeness (QED) is 0.187. The van der Waals surface area contributed by atoms with Crippen LogP contribution in [0.25, 0.3) is 0 Å². The maximum absolute atomic E-state index is 14.1. The molecule has 1 aliphatic heterocycles. The highest BCUT2D eigenvalue weighted by Gasteiger charge is 2.40. The van der Waals surface area contributed by atoms with Gasteiger partial charge in [-0.05, 0) is 35.6 Å². The number of benzene rings is 2. The molecule has 10 heteroatoms. The first-order chi connectivity index (χ1) is 18.8. The van der Waals surface area contributed by atoms with Crippen LogP contribution in [0.1, 0.15) is 41.1 Å². The molecule has 2 aromatic carbocycles. The van der Waals surface area contributed by atoms with Gasteiger partial charge in [-0.15, -0.1) is 0 Å². The highest BCUT2D eigenvalue weighted by Crippen LogP contribution is 2.31. The van der Waals surface area contributed by atoms with Crippen LogP contribution in [0.2, 0.25) is 0 Å². The van der Waals surface area contributed by atoms with Crippen molar-refractivity contribution in [1.82, 2.24) is 20.5 Å². The van der Waals surface area contributed by atoms with E-state index in [2.05, 4.69) is 15.6 Å². The fraction of sp³-hybridized carbons (Fsp3) is 0.276. The number of carbonyl (C=O) groups excluding carboxylic acids is 2. The van der Waals surface area contributed by atoms with E-state index in [1.807, 2.05) is 60.7 Å². The van der Waals surface area contributed by atoms with Gasteiger partial charge in [0.2, 0.25) is 11.8 Å². The first-order valence-corrected chi connectivity index (χ1v) is 12.8. The number of pyridine rings is 1. The minimum Gasteiger partial charge on any atom is -0.480 e. The maximum atomic E-state index is 14.1. The lowest BCUT2D eigenvalue weighted by Crippen LogP contribution is -2.55. The van der Waals surface area contributed by atoms with Crippen LogP contribution >= 0.6 is 0 Å². The van der Waals surface area contributed by atoms with Gasteiger partial charge in [-0.2, -0.15) is 0 Å². The zero-order valence-electron chi connectivity index (χ0n) is 21.4. The molecule has 0 spiro atoms. The third-order valence-electron chi connectivity index (χ3n) is 6.80. The van der Waals surface area contributed by atoms with E-state index < -0.39 is 30.5 Å². The second kappa shape index (κ2) is 12.8. The molecule has 0 radical (unpaired) electrons. The van der Waals surface area contributed by atoms with Crippen LogP contribution in [-0.4, -0.2) is 63.8 Å². The number of nitrogen functional groups attached to an aromatic ring is 1.